The number of carbonyl (C=O) groups is 1. The van der Waals surface area contributed by atoms with Gasteiger partial charge in [-0.2, -0.15) is 0 Å². The van der Waals surface area contributed by atoms with Gasteiger partial charge in [0.1, 0.15) is 11.5 Å². The van der Waals surface area contributed by atoms with Crippen molar-refractivity contribution in [2.45, 2.75) is 31.7 Å². The van der Waals surface area contributed by atoms with Gasteiger partial charge in [-0.05, 0) is 52.0 Å². The Morgan fingerprint density at radius 1 is 1.46 bits per heavy atom. The van der Waals surface area contributed by atoms with Gasteiger partial charge in [-0.25, -0.2) is 4.98 Å². The number of aryl methyl sites for hydroxylation is 1. The van der Waals surface area contributed by atoms with Gasteiger partial charge in [0.2, 0.25) is 0 Å². The number of carbonyl (C=O) groups excluding carboxylic acids is 1. The van der Waals surface area contributed by atoms with Crippen molar-refractivity contribution in [1.82, 2.24) is 24.3 Å². The summed E-state index contributed by atoms with van der Waals surface area (Å²) < 4.78 is 2.26. The highest BCUT2D eigenvalue weighted by atomic mass is 16.2. The number of H-pyrrole nitrogens is 1. The van der Waals surface area contributed by atoms with Crippen LogP contribution in [0.4, 0.5) is 0 Å². The van der Waals surface area contributed by atoms with Gasteiger partial charge in [0.15, 0.2) is 0 Å². The highest BCUT2D eigenvalue weighted by Gasteiger charge is 2.28. The standard InChI is InChI=1S/C18H27N5O/c1-21(2)10-5-12-22-13-9-20-17(22)15-6-4-11-23(14-15)18(24)16-7-3-8-19-16/h3,7-9,13,15,19H,4-6,10-12,14H2,1-2H3/t15-/m0/s1. The van der Waals surface area contributed by atoms with Crippen molar-refractivity contribution in [3.05, 3.63) is 42.2 Å². The summed E-state index contributed by atoms with van der Waals surface area (Å²) in [6.45, 7) is 3.63. The molecular formula is C18H27N5O. The number of piperidine rings is 1. The van der Waals surface area contributed by atoms with Gasteiger partial charge in [0.25, 0.3) is 5.91 Å². The van der Waals surface area contributed by atoms with Crippen molar-refractivity contribution in [3.63, 3.8) is 0 Å². The molecule has 130 valence electrons. The van der Waals surface area contributed by atoms with Crippen LogP contribution in [-0.4, -0.2) is 64.0 Å². The lowest BCUT2D eigenvalue weighted by Gasteiger charge is -2.32. The fourth-order valence-corrected chi connectivity index (χ4v) is 3.43. The molecule has 1 fully saturated rings. The maximum absolute atomic E-state index is 12.6. The number of amides is 1. The fourth-order valence-electron chi connectivity index (χ4n) is 3.43. The highest BCUT2D eigenvalue weighted by molar-refractivity contribution is 5.92. The summed E-state index contributed by atoms with van der Waals surface area (Å²) in [7, 11) is 4.19. The lowest BCUT2D eigenvalue weighted by Crippen LogP contribution is -2.40. The largest absolute Gasteiger partial charge is 0.357 e. The van der Waals surface area contributed by atoms with Gasteiger partial charge >= 0.3 is 0 Å². The maximum Gasteiger partial charge on any atom is 0.270 e. The lowest BCUT2D eigenvalue weighted by molar-refractivity contribution is 0.0698. The number of aromatic amines is 1. The van der Waals surface area contributed by atoms with E-state index in [1.54, 1.807) is 6.20 Å². The van der Waals surface area contributed by atoms with E-state index in [0.29, 0.717) is 11.6 Å². The van der Waals surface area contributed by atoms with Crippen LogP contribution in [0.5, 0.6) is 0 Å². The molecule has 0 spiro atoms. The number of hydrogen-bond acceptors (Lipinski definition) is 3. The van der Waals surface area contributed by atoms with Crippen molar-refractivity contribution in [2.24, 2.45) is 0 Å². The van der Waals surface area contributed by atoms with Crippen LogP contribution >= 0.6 is 0 Å². The normalized spacial score (nSPS) is 18.3. The van der Waals surface area contributed by atoms with Crippen LogP contribution in [0.2, 0.25) is 0 Å². The first-order chi connectivity index (χ1) is 11.6. The summed E-state index contributed by atoms with van der Waals surface area (Å²) in [6.07, 6.45) is 8.98. The molecule has 3 rings (SSSR count). The van der Waals surface area contributed by atoms with E-state index in [1.807, 2.05) is 23.2 Å². The molecule has 6 heteroatoms. The molecule has 1 amide bonds. The molecule has 1 aliphatic heterocycles. The minimum atomic E-state index is 0.0930. The van der Waals surface area contributed by atoms with Gasteiger partial charge in [-0.3, -0.25) is 4.79 Å². The molecular weight excluding hydrogens is 302 g/mol. The number of rotatable bonds is 6. The SMILES string of the molecule is CN(C)CCCn1ccnc1[C@H]1CCCN(C(=O)c2ccc[nH]2)C1. The predicted molar refractivity (Wildman–Crippen MR) is 94.1 cm³/mol. The summed E-state index contributed by atoms with van der Waals surface area (Å²) in [4.78, 5) is 24.3. The first-order valence-corrected chi connectivity index (χ1v) is 8.73. The van der Waals surface area contributed by atoms with E-state index in [0.717, 1.165) is 51.3 Å². The Morgan fingerprint density at radius 3 is 3.08 bits per heavy atom. The molecule has 24 heavy (non-hydrogen) atoms. The summed E-state index contributed by atoms with van der Waals surface area (Å²) in [5.74, 6) is 1.54. The van der Waals surface area contributed by atoms with E-state index in [-0.39, 0.29) is 5.91 Å². The molecule has 0 bridgehead atoms. The van der Waals surface area contributed by atoms with Crippen molar-refractivity contribution in [1.29, 1.82) is 0 Å². The molecule has 0 saturated carbocycles. The molecule has 1 N–H and O–H groups in total. The predicted octanol–water partition coefficient (Wildman–Crippen LogP) is 2.18. The van der Waals surface area contributed by atoms with E-state index in [2.05, 4.69) is 39.7 Å². The third-order valence-corrected chi connectivity index (χ3v) is 4.65. The van der Waals surface area contributed by atoms with Gasteiger partial charge in [0.05, 0.1) is 0 Å². The monoisotopic (exact) mass is 329 g/mol. The number of hydrogen-bond donors (Lipinski definition) is 1. The van der Waals surface area contributed by atoms with E-state index >= 15 is 0 Å². The molecule has 1 atom stereocenters. The van der Waals surface area contributed by atoms with E-state index in [9.17, 15) is 4.79 Å². The second-order valence-electron chi connectivity index (χ2n) is 6.81. The molecule has 2 aromatic heterocycles. The number of likely N-dealkylation sites (tertiary alicyclic amines) is 1. The van der Waals surface area contributed by atoms with Gasteiger partial charge in [0, 0.05) is 44.1 Å². The lowest BCUT2D eigenvalue weighted by atomic mass is 9.96. The van der Waals surface area contributed by atoms with Crippen LogP contribution in [0.15, 0.2) is 30.7 Å². The Labute approximate surface area is 143 Å². The minimum Gasteiger partial charge on any atom is -0.357 e. The second kappa shape index (κ2) is 7.66. The van der Waals surface area contributed by atoms with Crippen molar-refractivity contribution < 1.29 is 4.79 Å². The third kappa shape index (κ3) is 3.87. The highest BCUT2D eigenvalue weighted by Crippen LogP contribution is 2.26. The molecule has 1 aliphatic rings. The van der Waals surface area contributed by atoms with Gasteiger partial charge in [-0.1, -0.05) is 0 Å². The molecule has 1 saturated heterocycles. The maximum atomic E-state index is 12.6. The Hall–Kier alpha value is -2.08. The van der Waals surface area contributed by atoms with Crippen molar-refractivity contribution >= 4 is 5.91 Å². The number of aromatic nitrogens is 3. The smallest absolute Gasteiger partial charge is 0.270 e. The fraction of sp³-hybridized carbons (Fsp3) is 0.556. The zero-order chi connectivity index (χ0) is 16.9. The van der Waals surface area contributed by atoms with Gasteiger partial charge < -0.3 is 19.4 Å². The minimum absolute atomic E-state index is 0.0930. The molecule has 0 aromatic carbocycles. The second-order valence-corrected chi connectivity index (χ2v) is 6.81. The topological polar surface area (TPSA) is 57.2 Å². The molecule has 3 heterocycles. The molecule has 2 aromatic rings. The van der Waals surface area contributed by atoms with E-state index in [4.69, 9.17) is 0 Å². The first-order valence-electron chi connectivity index (χ1n) is 8.73. The molecule has 6 nitrogen and oxygen atoms in total. The summed E-state index contributed by atoms with van der Waals surface area (Å²) >= 11 is 0. The van der Waals surface area contributed by atoms with Crippen LogP contribution in [0.25, 0.3) is 0 Å². The summed E-state index contributed by atoms with van der Waals surface area (Å²) in [5.41, 5.74) is 0.671. The Kier molecular flexibility index (Phi) is 5.35. The molecule has 0 radical (unpaired) electrons. The van der Waals surface area contributed by atoms with Crippen LogP contribution in [0.3, 0.4) is 0 Å². The van der Waals surface area contributed by atoms with Gasteiger partial charge in [-0.15, -0.1) is 0 Å². The average Bonchev–Trinajstić information content (AvgIpc) is 3.26. The summed E-state index contributed by atoms with van der Waals surface area (Å²) in [6, 6.07) is 3.71. The third-order valence-electron chi connectivity index (χ3n) is 4.65. The Morgan fingerprint density at radius 2 is 2.33 bits per heavy atom. The molecule has 0 aliphatic carbocycles. The number of nitrogens with one attached hydrogen (secondary N) is 1. The van der Waals surface area contributed by atoms with Crippen LogP contribution in [0, 0.1) is 0 Å². The van der Waals surface area contributed by atoms with Crippen molar-refractivity contribution in [3.8, 4) is 0 Å². The van der Waals surface area contributed by atoms with Crippen molar-refractivity contribution in [2.75, 3.05) is 33.7 Å². The van der Waals surface area contributed by atoms with E-state index < -0.39 is 0 Å². The first kappa shape index (κ1) is 16.8. The molecule has 0 unspecified atom stereocenters. The zero-order valence-electron chi connectivity index (χ0n) is 14.6. The quantitative estimate of drug-likeness (QED) is 0.884. The van der Waals surface area contributed by atoms with Crippen LogP contribution in [-0.2, 0) is 6.54 Å². The van der Waals surface area contributed by atoms with E-state index in [1.165, 1.54) is 0 Å². The Balaban J connectivity index is 1.65. The summed E-state index contributed by atoms with van der Waals surface area (Å²) in [5, 5.41) is 0. The average molecular weight is 329 g/mol. The van der Waals surface area contributed by atoms with Crippen LogP contribution < -0.4 is 0 Å². The Bertz CT molecular complexity index is 646. The van der Waals surface area contributed by atoms with Crippen LogP contribution in [0.1, 0.15) is 41.5 Å². The number of imidazole rings is 1. The number of nitrogens with zero attached hydrogens (tertiary/aromatic N) is 4. The zero-order valence-corrected chi connectivity index (χ0v) is 14.6.